The summed E-state index contributed by atoms with van der Waals surface area (Å²) in [6.07, 6.45) is 8.81. The number of aliphatic imine (C=N–C) groups is 1. The highest BCUT2D eigenvalue weighted by atomic mass is 15.3. The number of rotatable bonds is 3. The van der Waals surface area contributed by atoms with Crippen molar-refractivity contribution in [3.8, 4) is 0 Å². The molecule has 0 unspecified atom stereocenters. The van der Waals surface area contributed by atoms with Crippen LogP contribution in [0.4, 0.5) is 0 Å². The first-order valence-corrected chi connectivity index (χ1v) is 10.1. The van der Waals surface area contributed by atoms with Gasteiger partial charge < -0.3 is 19.7 Å². The van der Waals surface area contributed by atoms with Crippen molar-refractivity contribution in [3.05, 3.63) is 59.7 Å². The SMILES string of the molecule is CCN1CCN(C2=CN3CC=C(c4ccc5nc(C)[nH]c5c4)N=C3C=C2)CC1. The van der Waals surface area contributed by atoms with Crippen LogP contribution in [-0.4, -0.2) is 69.8 Å². The normalized spacial score (nSPS) is 20.1. The van der Waals surface area contributed by atoms with Crippen LogP contribution in [0.25, 0.3) is 16.7 Å². The summed E-state index contributed by atoms with van der Waals surface area (Å²) in [5.74, 6) is 1.95. The molecule has 1 N–H and O–H groups in total. The van der Waals surface area contributed by atoms with E-state index in [1.54, 1.807) is 0 Å². The number of likely N-dealkylation sites (N-methyl/N-ethyl adjacent to an activating group) is 1. The van der Waals surface area contributed by atoms with E-state index in [9.17, 15) is 0 Å². The van der Waals surface area contributed by atoms with Gasteiger partial charge in [0.15, 0.2) is 0 Å². The van der Waals surface area contributed by atoms with E-state index in [1.165, 1.54) is 5.70 Å². The lowest BCUT2D eigenvalue weighted by Gasteiger charge is -2.38. The second-order valence-corrected chi connectivity index (χ2v) is 7.57. The van der Waals surface area contributed by atoms with E-state index in [0.29, 0.717) is 0 Å². The van der Waals surface area contributed by atoms with Crippen LogP contribution in [0.1, 0.15) is 18.3 Å². The first-order chi connectivity index (χ1) is 13.7. The fourth-order valence-electron chi connectivity index (χ4n) is 4.11. The zero-order chi connectivity index (χ0) is 19.1. The summed E-state index contributed by atoms with van der Waals surface area (Å²) < 4.78 is 0. The molecule has 1 aromatic carbocycles. The van der Waals surface area contributed by atoms with E-state index in [4.69, 9.17) is 4.99 Å². The Morgan fingerprint density at radius 3 is 2.79 bits per heavy atom. The van der Waals surface area contributed by atoms with E-state index in [1.807, 2.05) is 6.92 Å². The first kappa shape index (κ1) is 17.3. The van der Waals surface area contributed by atoms with Gasteiger partial charge in [0.1, 0.15) is 11.7 Å². The number of fused-ring (bicyclic) bond motifs is 2. The van der Waals surface area contributed by atoms with Gasteiger partial charge in [0.05, 0.1) is 22.4 Å². The summed E-state index contributed by atoms with van der Waals surface area (Å²) in [7, 11) is 0. The minimum absolute atomic E-state index is 0.844. The van der Waals surface area contributed by atoms with Gasteiger partial charge >= 0.3 is 0 Å². The maximum absolute atomic E-state index is 4.90. The summed E-state index contributed by atoms with van der Waals surface area (Å²) in [5.41, 5.74) is 5.51. The number of aromatic amines is 1. The highest BCUT2D eigenvalue weighted by Gasteiger charge is 2.22. The molecule has 0 aliphatic carbocycles. The third kappa shape index (κ3) is 3.14. The highest BCUT2D eigenvalue weighted by molar-refractivity contribution is 6.00. The van der Waals surface area contributed by atoms with E-state index >= 15 is 0 Å². The van der Waals surface area contributed by atoms with E-state index in [2.05, 4.69) is 74.2 Å². The third-order valence-corrected chi connectivity index (χ3v) is 5.78. The van der Waals surface area contributed by atoms with E-state index in [-0.39, 0.29) is 0 Å². The van der Waals surface area contributed by atoms with Crippen molar-refractivity contribution in [2.75, 3.05) is 39.3 Å². The molecule has 0 spiro atoms. The Kier molecular flexibility index (Phi) is 4.28. The van der Waals surface area contributed by atoms with Crippen LogP contribution in [0.3, 0.4) is 0 Å². The molecule has 1 aromatic heterocycles. The van der Waals surface area contributed by atoms with Gasteiger partial charge in [-0.25, -0.2) is 9.98 Å². The standard InChI is InChI=1S/C22H26N6/c1-3-26-10-12-27(13-11-26)18-5-7-22-25-19(8-9-28(22)15-18)17-4-6-20-21(14-17)24-16(2)23-20/h4-8,14-15H,3,9-13H2,1-2H3,(H,23,24). The van der Waals surface area contributed by atoms with Crippen LogP contribution in [0.5, 0.6) is 0 Å². The number of aryl methyl sites for hydroxylation is 1. The molecule has 3 aliphatic rings. The van der Waals surface area contributed by atoms with Crippen LogP contribution in [0.2, 0.25) is 0 Å². The number of nitrogens with one attached hydrogen (secondary N) is 1. The van der Waals surface area contributed by atoms with Gasteiger partial charge in [0.25, 0.3) is 0 Å². The minimum Gasteiger partial charge on any atom is -0.368 e. The minimum atomic E-state index is 0.844. The van der Waals surface area contributed by atoms with Gasteiger partial charge in [0, 0.05) is 44.5 Å². The second-order valence-electron chi connectivity index (χ2n) is 7.57. The molecular formula is C22H26N6. The van der Waals surface area contributed by atoms with Gasteiger partial charge in [-0.05, 0) is 43.8 Å². The Hall–Kier alpha value is -2.86. The molecule has 144 valence electrons. The number of H-pyrrole nitrogens is 1. The largest absolute Gasteiger partial charge is 0.368 e. The molecule has 2 aromatic rings. The number of amidine groups is 1. The van der Waals surface area contributed by atoms with Gasteiger partial charge in [-0.3, -0.25) is 0 Å². The molecule has 1 fully saturated rings. The molecule has 0 bridgehead atoms. The van der Waals surface area contributed by atoms with Crippen molar-refractivity contribution in [1.29, 1.82) is 0 Å². The molecule has 0 saturated carbocycles. The Bertz CT molecular complexity index is 1020. The smallest absolute Gasteiger partial charge is 0.133 e. The van der Waals surface area contributed by atoms with Crippen molar-refractivity contribution in [1.82, 2.24) is 24.7 Å². The van der Waals surface area contributed by atoms with Crippen molar-refractivity contribution < 1.29 is 0 Å². The van der Waals surface area contributed by atoms with Crippen LogP contribution < -0.4 is 0 Å². The lowest BCUT2D eigenvalue weighted by molar-refractivity contribution is 0.167. The number of piperazine rings is 1. The topological polar surface area (TPSA) is 50.8 Å². The molecule has 6 heteroatoms. The number of benzene rings is 1. The molecule has 1 saturated heterocycles. The van der Waals surface area contributed by atoms with Gasteiger partial charge in [-0.2, -0.15) is 0 Å². The van der Waals surface area contributed by atoms with Crippen molar-refractivity contribution in [2.45, 2.75) is 13.8 Å². The average Bonchev–Trinajstić information content (AvgIpc) is 3.12. The maximum atomic E-state index is 4.90. The Morgan fingerprint density at radius 2 is 1.96 bits per heavy atom. The van der Waals surface area contributed by atoms with Gasteiger partial charge in [0.2, 0.25) is 0 Å². The molecule has 6 nitrogen and oxygen atoms in total. The predicted molar refractivity (Wildman–Crippen MR) is 114 cm³/mol. The monoisotopic (exact) mass is 374 g/mol. The number of nitrogens with zero attached hydrogens (tertiary/aromatic N) is 5. The third-order valence-electron chi connectivity index (χ3n) is 5.78. The first-order valence-electron chi connectivity index (χ1n) is 10.1. The number of imidazole rings is 1. The quantitative estimate of drug-likeness (QED) is 0.897. The van der Waals surface area contributed by atoms with Crippen LogP contribution in [0.15, 0.2) is 53.3 Å². The van der Waals surface area contributed by atoms with Crippen LogP contribution in [0, 0.1) is 6.92 Å². The number of allylic oxidation sites excluding steroid dienone is 1. The molecular weight excluding hydrogens is 348 g/mol. The average molecular weight is 374 g/mol. The lowest BCUT2D eigenvalue weighted by Crippen LogP contribution is -2.46. The number of aromatic nitrogens is 2. The van der Waals surface area contributed by atoms with Crippen LogP contribution in [-0.2, 0) is 0 Å². The molecule has 3 aliphatic heterocycles. The maximum Gasteiger partial charge on any atom is 0.133 e. The Morgan fingerprint density at radius 1 is 1.11 bits per heavy atom. The Balaban J connectivity index is 1.34. The molecule has 0 radical (unpaired) electrons. The zero-order valence-corrected chi connectivity index (χ0v) is 16.5. The summed E-state index contributed by atoms with van der Waals surface area (Å²) in [6.45, 7) is 10.7. The Labute approximate surface area is 165 Å². The lowest BCUT2D eigenvalue weighted by atomic mass is 10.1. The molecule has 28 heavy (non-hydrogen) atoms. The zero-order valence-electron chi connectivity index (χ0n) is 16.5. The predicted octanol–water partition coefficient (Wildman–Crippen LogP) is 2.98. The van der Waals surface area contributed by atoms with E-state index in [0.717, 1.165) is 73.2 Å². The summed E-state index contributed by atoms with van der Waals surface area (Å²) in [4.78, 5) is 19.9. The van der Waals surface area contributed by atoms with Crippen LogP contribution >= 0.6 is 0 Å². The summed E-state index contributed by atoms with van der Waals surface area (Å²) in [5, 5.41) is 0. The van der Waals surface area contributed by atoms with Gasteiger partial charge in [-0.15, -0.1) is 0 Å². The number of hydrogen-bond donors (Lipinski definition) is 1. The van der Waals surface area contributed by atoms with Crippen molar-refractivity contribution in [2.24, 2.45) is 4.99 Å². The van der Waals surface area contributed by atoms with Gasteiger partial charge in [-0.1, -0.05) is 13.0 Å². The second kappa shape index (κ2) is 6.95. The fraction of sp³-hybridized carbons (Fsp3) is 0.364. The molecule has 4 heterocycles. The number of hydrogen-bond acceptors (Lipinski definition) is 5. The molecule has 0 amide bonds. The fourth-order valence-corrected chi connectivity index (χ4v) is 4.11. The molecule has 0 atom stereocenters. The summed E-state index contributed by atoms with van der Waals surface area (Å²) >= 11 is 0. The highest BCUT2D eigenvalue weighted by Crippen LogP contribution is 2.26. The van der Waals surface area contributed by atoms with E-state index < -0.39 is 0 Å². The van der Waals surface area contributed by atoms with Crippen molar-refractivity contribution >= 4 is 22.6 Å². The summed E-state index contributed by atoms with van der Waals surface area (Å²) in [6, 6.07) is 6.31. The molecule has 5 rings (SSSR count). The van der Waals surface area contributed by atoms with Crippen molar-refractivity contribution in [3.63, 3.8) is 0 Å².